The van der Waals surface area contributed by atoms with Crippen molar-refractivity contribution in [3.63, 3.8) is 0 Å². The van der Waals surface area contributed by atoms with Crippen LogP contribution in [0.2, 0.25) is 0 Å². The molecule has 3 aromatic heterocycles. The van der Waals surface area contributed by atoms with E-state index in [2.05, 4.69) is 23.1 Å². The zero-order valence-corrected chi connectivity index (χ0v) is 22.6. The molecule has 3 aromatic carbocycles. The SMILES string of the molecule is CCCCOc1ccc(-c2nn(-c3ccccc3)cc2/C=c2\sc3nc(-c4ccccc4)nn3c2=O)cc1C. The molecule has 0 unspecified atom stereocenters. The van der Waals surface area contributed by atoms with Gasteiger partial charge in [-0.15, -0.1) is 5.10 Å². The molecule has 0 saturated carbocycles. The molecule has 0 N–H and O–H groups in total. The van der Waals surface area contributed by atoms with Crippen LogP contribution in [0.5, 0.6) is 5.75 Å². The van der Waals surface area contributed by atoms with Crippen LogP contribution in [0, 0.1) is 6.92 Å². The maximum atomic E-state index is 13.3. The van der Waals surface area contributed by atoms with Crippen LogP contribution in [0.4, 0.5) is 0 Å². The number of fused-ring (bicyclic) bond motifs is 1. The second-order valence-electron chi connectivity index (χ2n) is 9.31. The molecule has 8 heteroatoms. The Kier molecular flexibility index (Phi) is 6.77. The van der Waals surface area contributed by atoms with Gasteiger partial charge in [-0.1, -0.05) is 73.2 Å². The molecule has 0 fully saturated rings. The summed E-state index contributed by atoms with van der Waals surface area (Å²) >= 11 is 1.32. The van der Waals surface area contributed by atoms with Crippen molar-refractivity contribution >= 4 is 22.4 Å². The number of para-hydroxylation sites is 1. The molecule has 0 atom stereocenters. The number of nitrogens with zero attached hydrogens (tertiary/aromatic N) is 5. The van der Waals surface area contributed by atoms with Crippen LogP contribution in [0.15, 0.2) is 89.9 Å². The summed E-state index contributed by atoms with van der Waals surface area (Å²) in [6.45, 7) is 4.89. The van der Waals surface area contributed by atoms with E-state index in [-0.39, 0.29) is 5.56 Å². The van der Waals surface area contributed by atoms with Gasteiger partial charge in [0.05, 0.1) is 16.8 Å². The molecule has 3 heterocycles. The Morgan fingerprint density at radius 2 is 1.72 bits per heavy atom. The lowest BCUT2D eigenvalue weighted by Crippen LogP contribution is -2.23. The normalized spacial score (nSPS) is 11.9. The molecule has 0 amide bonds. The van der Waals surface area contributed by atoms with Gasteiger partial charge in [-0.3, -0.25) is 4.79 Å². The van der Waals surface area contributed by atoms with Crippen molar-refractivity contribution in [2.45, 2.75) is 26.7 Å². The highest BCUT2D eigenvalue weighted by Crippen LogP contribution is 2.29. The first-order valence-electron chi connectivity index (χ1n) is 13.0. The van der Waals surface area contributed by atoms with Crippen LogP contribution in [-0.4, -0.2) is 31.0 Å². The predicted octanol–water partition coefficient (Wildman–Crippen LogP) is 5.71. The van der Waals surface area contributed by atoms with E-state index in [4.69, 9.17) is 9.84 Å². The third kappa shape index (κ3) is 4.98. The summed E-state index contributed by atoms with van der Waals surface area (Å²) in [5.41, 5.74) is 5.23. The Hall–Kier alpha value is -4.56. The summed E-state index contributed by atoms with van der Waals surface area (Å²) in [7, 11) is 0. The number of hydrogen-bond donors (Lipinski definition) is 0. The van der Waals surface area contributed by atoms with E-state index in [0.29, 0.717) is 21.9 Å². The van der Waals surface area contributed by atoms with Crippen LogP contribution < -0.4 is 14.8 Å². The zero-order chi connectivity index (χ0) is 26.8. The number of unbranched alkanes of at least 4 members (excludes halogenated alkanes) is 1. The molecule has 0 radical (unpaired) electrons. The molecule has 0 spiro atoms. The smallest absolute Gasteiger partial charge is 0.291 e. The maximum absolute atomic E-state index is 13.3. The van der Waals surface area contributed by atoms with Crippen LogP contribution in [0.1, 0.15) is 30.9 Å². The Bertz CT molecular complexity index is 1860. The van der Waals surface area contributed by atoms with Gasteiger partial charge in [0.1, 0.15) is 11.4 Å². The zero-order valence-electron chi connectivity index (χ0n) is 21.7. The van der Waals surface area contributed by atoms with Gasteiger partial charge >= 0.3 is 0 Å². The maximum Gasteiger partial charge on any atom is 0.291 e. The van der Waals surface area contributed by atoms with Crippen molar-refractivity contribution in [2.24, 2.45) is 0 Å². The summed E-state index contributed by atoms with van der Waals surface area (Å²) in [6, 6.07) is 25.7. The van der Waals surface area contributed by atoms with Crippen LogP contribution in [-0.2, 0) is 0 Å². The predicted molar refractivity (Wildman–Crippen MR) is 155 cm³/mol. The van der Waals surface area contributed by atoms with Crippen molar-refractivity contribution in [3.8, 4) is 34.1 Å². The average Bonchev–Trinajstić information content (AvgIpc) is 3.66. The monoisotopic (exact) mass is 533 g/mol. The summed E-state index contributed by atoms with van der Waals surface area (Å²) in [6.07, 6.45) is 5.95. The lowest BCUT2D eigenvalue weighted by atomic mass is 10.0. The highest BCUT2D eigenvalue weighted by molar-refractivity contribution is 7.15. The molecule has 39 heavy (non-hydrogen) atoms. The van der Waals surface area contributed by atoms with Gasteiger partial charge in [-0.05, 0) is 55.3 Å². The number of thiazole rings is 1. The van der Waals surface area contributed by atoms with Crippen LogP contribution in [0.3, 0.4) is 0 Å². The van der Waals surface area contributed by atoms with E-state index in [1.165, 1.54) is 15.9 Å². The minimum atomic E-state index is -0.195. The fourth-order valence-corrected chi connectivity index (χ4v) is 5.30. The number of hydrogen-bond acceptors (Lipinski definition) is 6. The average molecular weight is 534 g/mol. The summed E-state index contributed by atoms with van der Waals surface area (Å²) in [4.78, 5) is 18.5. The van der Waals surface area contributed by atoms with Crippen LogP contribution >= 0.6 is 11.3 Å². The van der Waals surface area contributed by atoms with E-state index in [0.717, 1.165) is 52.2 Å². The van der Waals surface area contributed by atoms with Crippen LogP contribution in [0.25, 0.3) is 39.4 Å². The van der Waals surface area contributed by atoms with Gasteiger partial charge in [0.2, 0.25) is 4.96 Å². The van der Waals surface area contributed by atoms with E-state index < -0.39 is 0 Å². The summed E-state index contributed by atoms with van der Waals surface area (Å²) < 4.78 is 9.74. The Morgan fingerprint density at radius 1 is 0.949 bits per heavy atom. The van der Waals surface area contributed by atoms with E-state index in [1.54, 1.807) is 0 Å². The molecule has 0 bridgehead atoms. The van der Waals surface area contributed by atoms with Crippen molar-refractivity contribution in [2.75, 3.05) is 6.61 Å². The quantitative estimate of drug-likeness (QED) is 0.235. The molecule has 0 aliphatic heterocycles. The highest BCUT2D eigenvalue weighted by atomic mass is 32.1. The van der Waals surface area contributed by atoms with E-state index in [1.807, 2.05) is 96.7 Å². The van der Waals surface area contributed by atoms with Gasteiger partial charge in [0.25, 0.3) is 5.56 Å². The van der Waals surface area contributed by atoms with Gasteiger partial charge in [0, 0.05) is 22.9 Å². The fourth-order valence-electron chi connectivity index (χ4n) is 4.40. The molecular weight excluding hydrogens is 506 g/mol. The minimum Gasteiger partial charge on any atom is -0.493 e. The number of rotatable bonds is 8. The van der Waals surface area contributed by atoms with Gasteiger partial charge in [0.15, 0.2) is 5.82 Å². The summed E-state index contributed by atoms with van der Waals surface area (Å²) in [5, 5.41) is 9.41. The van der Waals surface area contributed by atoms with Gasteiger partial charge in [-0.2, -0.15) is 14.6 Å². The lowest BCUT2D eigenvalue weighted by Gasteiger charge is -2.10. The first kappa shape index (κ1) is 24.8. The first-order chi connectivity index (χ1) is 19.1. The van der Waals surface area contributed by atoms with Crippen molar-refractivity contribution in [1.29, 1.82) is 0 Å². The molecule has 6 aromatic rings. The number of aryl methyl sites for hydroxylation is 1. The first-order valence-corrected chi connectivity index (χ1v) is 13.8. The van der Waals surface area contributed by atoms with E-state index >= 15 is 0 Å². The summed E-state index contributed by atoms with van der Waals surface area (Å²) in [5.74, 6) is 1.42. The lowest BCUT2D eigenvalue weighted by molar-refractivity contribution is 0.307. The molecule has 7 nitrogen and oxygen atoms in total. The van der Waals surface area contributed by atoms with Crippen molar-refractivity contribution in [1.82, 2.24) is 24.4 Å². The molecule has 6 rings (SSSR count). The minimum absolute atomic E-state index is 0.195. The van der Waals surface area contributed by atoms with E-state index in [9.17, 15) is 4.79 Å². The second kappa shape index (κ2) is 10.7. The molecular formula is C31H27N5O2S. The molecule has 0 saturated heterocycles. The number of aromatic nitrogens is 5. The fraction of sp³-hybridized carbons (Fsp3) is 0.161. The molecule has 194 valence electrons. The topological polar surface area (TPSA) is 74.3 Å². The largest absolute Gasteiger partial charge is 0.493 e. The Morgan fingerprint density at radius 3 is 2.44 bits per heavy atom. The Balaban J connectivity index is 1.44. The molecule has 0 aliphatic carbocycles. The number of ether oxygens (including phenoxy) is 1. The van der Waals surface area contributed by atoms with Gasteiger partial charge < -0.3 is 4.74 Å². The standard InChI is InChI=1S/C31H27N5O2S/c1-3-4-17-38-26-16-15-23(18-21(26)2)28-24(20-35(33-28)25-13-9-6-10-14-25)19-27-30(37)36-31(39-27)32-29(34-36)22-11-7-5-8-12-22/h5-16,18-20H,3-4,17H2,1-2H3/b27-19-. The third-order valence-corrected chi connectivity index (χ3v) is 7.43. The third-order valence-electron chi connectivity index (χ3n) is 6.47. The molecule has 0 aliphatic rings. The van der Waals surface area contributed by atoms with Gasteiger partial charge in [-0.25, -0.2) is 4.68 Å². The highest BCUT2D eigenvalue weighted by Gasteiger charge is 2.16. The van der Waals surface area contributed by atoms with Crippen molar-refractivity contribution < 1.29 is 4.74 Å². The second-order valence-corrected chi connectivity index (χ2v) is 10.3. The Labute approximate surface area is 229 Å². The van der Waals surface area contributed by atoms with Crippen molar-refractivity contribution in [3.05, 3.63) is 111 Å². The number of benzene rings is 3.